The number of hydrogen-bond donors (Lipinski definition) is 2. The van der Waals surface area contributed by atoms with E-state index >= 15 is 0 Å². The Labute approximate surface area is 167 Å². The van der Waals surface area contributed by atoms with Gasteiger partial charge in [-0.25, -0.2) is 4.79 Å². The molecule has 0 aromatic heterocycles. The lowest BCUT2D eigenvalue weighted by Crippen LogP contribution is -2.01. The van der Waals surface area contributed by atoms with Gasteiger partial charge in [0.25, 0.3) is 0 Å². The van der Waals surface area contributed by atoms with Crippen LogP contribution in [0, 0.1) is 0 Å². The summed E-state index contributed by atoms with van der Waals surface area (Å²) in [5.41, 5.74) is 0. The molecule has 1 aromatic rings. The van der Waals surface area contributed by atoms with Crippen LogP contribution in [0.2, 0.25) is 0 Å². The van der Waals surface area contributed by atoms with Crippen molar-refractivity contribution in [1.29, 1.82) is 0 Å². The highest BCUT2D eigenvalue weighted by atomic mass is 16.5. The Morgan fingerprint density at radius 1 is 0.786 bits per heavy atom. The molecule has 0 heterocycles. The molecule has 0 aliphatic rings. The summed E-state index contributed by atoms with van der Waals surface area (Å²) in [5.74, 6) is -0.411. The molecule has 156 valence electrons. The molecule has 0 saturated heterocycles. The summed E-state index contributed by atoms with van der Waals surface area (Å²) in [7, 11) is 0. The zero-order valence-electron chi connectivity index (χ0n) is 16.5. The van der Waals surface area contributed by atoms with Gasteiger partial charge in [-0.3, -0.25) is 4.79 Å². The van der Waals surface area contributed by atoms with Crippen LogP contribution in [-0.4, -0.2) is 35.4 Å². The number of benzene rings is 1. The molecule has 6 nitrogen and oxygen atoms in total. The number of rotatable bonds is 17. The molecule has 0 radical (unpaired) electrons. The minimum Gasteiger partial charge on any atom is -0.490 e. The van der Waals surface area contributed by atoms with Gasteiger partial charge < -0.3 is 19.7 Å². The molecule has 0 saturated carbocycles. The molecule has 2 N–H and O–H groups in total. The van der Waals surface area contributed by atoms with Crippen LogP contribution >= 0.6 is 0 Å². The quantitative estimate of drug-likeness (QED) is 0.284. The predicted octanol–water partition coefficient (Wildman–Crippen LogP) is 5.07. The third-order valence-electron chi connectivity index (χ3n) is 4.24. The maximum Gasteiger partial charge on any atom is 0.328 e. The lowest BCUT2D eigenvalue weighted by molar-refractivity contribution is -0.137. The van der Waals surface area contributed by atoms with E-state index < -0.39 is 11.9 Å². The number of carboxylic acid groups (broad SMARTS) is 2. The first-order chi connectivity index (χ1) is 13.6. The molecule has 0 atom stereocenters. The summed E-state index contributed by atoms with van der Waals surface area (Å²) < 4.78 is 11.3. The molecule has 0 unspecified atom stereocenters. The van der Waals surface area contributed by atoms with Crippen LogP contribution in [0.3, 0.4) is 0 Å². The van der Waals surface area contributed by atoms with E-state index in [1.807, 2.05) is 18.2 Å². The van der Waals surface area contributed by atoms with Crippen molar-refractivity contribution in [2.45, 2.75) is 64.2 Å². The van der Waals surface area contributed by atoms with E-state index in [4.69, 9.17) is 19.7 Å². The van der Waals surface area contributed by atoms with Crippen LogP contribution in [0.1, 0.15) is 64.2 Å². The van der Waals surface area contributed by atoms with Gasteiger partial charge in [-0.15, -0.1) is 0 Å². The van der Waals surface area contributed by atoms with Crippen molar-refractivity contribution in [3.05, 3.63) is 36.4 Å². The van der Waals surface area contributed by atoms with E-state index in [2.05, 4.69) is 0 Å². The first-order valence-electron chi connectivity index (χ1n) is 10.1. The molecule has 0 amide bonds. The standard InChI is InChI=1S/C22H32O6/c23-21(24)15-8-6-4-2-1-3-5-7-11-17-27-19-13-9-10-14-20(19)28-18-12-16-22(25)26/h9-10,12-14,16H,1-8,11,15,17-18H2,(H,23,24)(H,25,26). The molecule has 6 heteroatoms. The van der Waals surface area contributed by atoms with Gasteiger partial charge in [-0.05, 0) is 31.1 Å². The molecule has 28 heavy (non-hydrogen) atoms. The van der Waals surface area contributed by atoms with Crippen molar-refractivity contribution in [3.8, 4) is 11.5 Å². The van der Waals surface area contributed by atoms with Gasteiger partial charge >= 0.3 is 11.9 Å². The number of aliphatic carboxylic acids is 2. The smallest absolute Gasteiger partial charge is 0.328 e. The number of carbonyl (C=O) groups is 2. The third-order valence-corrected chi connectivity index (χ3v) is 4.24. The highest BCUT2D eigenvalue weighted by molar-refractivity contribution is 5.79. The van der Waals surface area contributed by atoms with Crippen molar-refractivity contribution in [2.24, 2.45) is 0 Å². The van der Waals surface area contributed by atoms with Crippen molar-refractivity contribution >= 4 is 11.9 Å². The zero-order valence-corrected chi connectivity index (χ0v) is 16.5. The second-order valence-corrected chi connectivity index (χ2v) is 6.67. The second kappa shape index (κ2) is 15.5. The number of hydrogen-bond acceptors (Lipinski definition) is 4. The van der Waals surface area contributed by atoms with E-state index in [0.29, 0.717) is 18.1 Å². The van der Waals surface area contributed by atoms with Crippen LogP contribution in [0.25, 0.3) is 0 Å². The Bertz CT molecular complexity index is 596. The molecule has 0 aliphatic heterocycles. The predicted molar refractivity (Wildman–Crippen MR) is 108 cm³/mol. The van der Waals surface area contributed by atoms with E-state index in [0.717, 1.165) is 38.2 Å². The number of para-hydroxylation sites is 2. The van der Waals surface area contributed by atoms with Crippen LogP contribution in [-0.2, 0) is 9.59 Å². The Morgan fingerprint density at radius 3 is 1.89 bits per heavy atom. The number of unbranched alkanes of at least 4 members (excludes halogenated alkanes) is 8. The first-order valence-corrected chi connectivity index (χ1v) is 10.1. The highest BCUT2D eigenvalue weighted by Crippen LogP contribution is 2.26. The molecule has 1 aromatic carbocycles. The van der Waals surface area contributed by atoms with Crippen LogP contribution in [0.5, 0.6) is 11.5 Å². The van der Waals surface area contributed by atoms with Crippen molar-refractivity contribution in [1.82, 2.24) is 0 Å². The van der Waals surface area contributed by atoms with Crippen LogP contribution in [0.4, 0.5) is 0 Å². The molecule has 0 aliphatic carbocycles. The van der Waals surface area contributed by atoms with Gasteiger partial charge in [0.1, 0.15) is 6.61 Å². The Kier molecular flexibility index (Phi) is 13.1. The number of carboxylic acids is 2. The molecular formula is C22H32O6. The first kappa shape index (κ1) is 23.5. The second-order valence-electron chi connectivity index (χ2n) is 6.67. The minimum absolute atomic E-state index is 0.184. The SMILES string of the molecule is O=C(O)C=CCOc1ccccc1OCCCCCCCCCCCC(=O)O. The summed E-state index contributed by atoms with van der Waals surface area (Å²) in [6.07, 6.45) is 12.6. The van der Waals surface area contributed by atoms with Gasteiger partial charge in [-0.1, -0.05) is 57.1 Å². The summed E-state index contributed by atoms with van der Waals surface area (Å²) in [6.45, 7) is 0.809. The van der Waals surface area contributed by atoms with Gasteiger partial charge in [0.2, 0.25) is 0 Å². The van der Waals surface area contributed by atoms with Crippen LogP contribution in [0.15, 0.2) is 36.4 Å². The Balaban J connectivity index is 2.05. The monoisotopic (exact) mass is 392 g/mol. The van der Waals surface area contributed by atoms with E-state index in [9.17, 15) is 9.59 Å². The van der Waals surface area contributed by atoms with Gasteiger partial charge in [-0.2, -0.15) is 0 Å². The summed E-state index contributed by atoms with van der Waals surface area (Å²) >= 11 is 0. The fourth-order valence-corrected chi connectivity index (χ4v) is 2.77. The fourth-order valence-electron chi connectivity index (χ4n) is 2.77. The van der Waals surface area contributed by atoms with Crippen molar-refractivity contribution in [3.63, 3.8) is 0 Å². The summed E-state index contributed by atoms with van der Waals surface area (Å²) in [6, 6.07) is 7.39. The normalized spacial score (nSPS) is 10.9. The molecule has 0 bridgehead atoms. The summed E-state index contributed by atoms with van der Waals surface area (Å²) in [5, 5.41) is 17.1. The fraction of sp³-hybridized carbons (Fsp3) is 0.545. The van der Waals surface area contributed by atoms with Crippen LogP contribution < -0.4 is 9.47 Å². The maximum absolute atomic E-state index is 10.4. The minimum atomic E-state index is -0.994. The molecule has 0 fully saturated rings. The Hall–Kier alpha value is -2.50. The van der Waals surface area contributed by atoms with Gasteiger partial charge in [0.05, 0.1) is 6.61 Å². The topological polar surface area (TPSA) is 93.1 Å². The van der Waals surface area contributed by atoms with E-state index in [1.54, 1.807) is 6.07 Å². The average molecular weight is 392 g/mol. The molecule has 1 rings (SSSR count). The van der Waals surface area contributed by atoms with Gasteiger partial charge in [0, 0.05) is 12.5 Å². The largest absolute Gasteiger partial charge is 0.490 e. The van der Waals surface area contributed by atoms with Crippen molar-refractivity contribution < 1.29 is 29.3 Å². The summed E-state index contributed by atoms with van der Waals surface area (Å²) in [4.78, 5) is 20.9. The Morgan fingerprint density at radius 2 is 1.32 bits per heavy atom. The average Bonchev–Trinajstić information content (AvgIpc) is 2.66. The maximum atomic E-state index is 10.4. The molecular weight excluding hydrogens is 360 g/mol. The van der Waals surface area contributed by atoms with Crippen molar-refractivity contribution in [2.75, 3.05) is 13.2 Å². The molecule has 0 spiro atoms. The highest BCUT2D eigenvalue weighted by Gasteiger charge is 2.03. The zero-order chi connectivity index (χ0) is 20.5. The van der Waals surface area contributed by atoms with E-state index in [1.165, 1.54) is 31.8 Å². The lowest BCUT2D eigenvalue weighted by Gasteiger charge is -2.11. The van der Waals surface area contributed by atoms with E-state index in [-0.39, 0.29) is 13.0 Å². The third kappa shape index (κ3) is 12.8. The number of ether oxygens (including phenoxy) is 2. The lowest BCUT2D eigenvalue weighted by atomic mass is 10.1. The van der Waals surface area contributed by atoms with Gasteiger partial charge in [0.15, 0.2) is 11.5 Å².